The molecule has 2 saturated carbocycles. The summed E-state index contributed by atoms with van der Waals surface area (Å²) in [6, 6.07) is 17.2. The molecule has 222 valence electrons. The fourth-order valence-corrected chi connectivity index (χ4v) is 7.38. The lowest BCUT2D eigenvalue weighted by atomic mass is 9.83. The summed E-state index contributed by atoms with van der Waals surface area (Å²) in [6.45, 7) is 7.36. The maximum atomic E-state index is 14.4. The number of carbonyl (C=O) groups excluding carboxylic acids is 1. The number of fused-ring (bicyclic) bond motifs is 1. The molecule has 0 aromatic heterocycles. The van der Waals surface area contributed by atoms with E-state index in [9.17, 15) is 9.18 Å². The van der Waals surface area contributed by atoms with Gasteiger partial charge in [-0.15, -0.1) is 0 Å². The number of hydrogen-bond donors (Lipinski definition) is 1. The average molecular weight is 612 g/mol. The molecule has 0 radical (unpaired) electrons. The van der Waals surface area contributed by atoms with Gasteiger partial charge in [-0.3, -0.25) is 4.79 Å². The van der Waals surface area contributed by atoms with Gasteiger partial charge in [-0.1, -0.05) is 53.5 Å². The van der Waals surface area contributed by atoms with Gasteiger partial charge in [-0.2, -0.15) is 0 Å². The molecule has 1 aliphatic heterocycles. The summed E-state index contributed by atoms with van der Waals surface area (Å²) in [5.74, 6) is 1.81. The number of ether oxygens (including phenoxy) is 2. The van der Waals surface area contributed by atoms with E-state index in [1.54, 1.807) is 0 Å². The minimum Gasteiger partial charge on any atom is -0.490 e. The Morgan fingerprint density at radius 3 is 2.43 bits per heavy atom. The van der Waals surface area contributed by atoms with Gasteiger partial charge in [0.05, 0.1) is 10.0 Å². The Hall–Kier alpha value is -2.80. The summed E-state index contributed by atoms with van der Waals surface area (Å²) in [6.07, 6.45) is 3.20. The van der Waals surface area contributed by atoms with Crippen LogP contribution in [-0.2, 0) is 11.3 Å². The summed E-state index contributed by atoms with van der Waals surface area (Å²) in [4.78, 5) is 16.6. The van der Waals surface area contributed by atoms with Gasteiger partial charge < -0.3 is 19.7 Å². The maximum absolute atomic E-state index is 14.4. The molecule has 0 bridgehead atoms. The second-order valence-corrected chi connectivity index (χ2v) is 12.8. The highest BCUT2D eigenvalue weighted by Gasteiger charge is 2.51. The van der Waals surface area contributed by atoms with Crippen LogP contribution in [0, 0.1) is 37.4 Å². The molecule has 1 heterocycles. The summed E-state index contributed by atoms with van der Waals surface area (Å²) in [5.41, 5.74) is 5.00. The average Bonchev–Trinajstić information content (AvgIpc) is 3.59. The zero-order valence-corrected chi connectivity index (χ0v) is 25.6. The lowest BCUT2D eigenvalue weighted by Gasteiger charge is -2.32. The lowest BCUT2D eigenvalue weighted by molar-refractivity contribution is -0.138. The molecule has 3 aliphatic rings. The summed E-state index contributed by atoms with van der Waals surface area (Å²) < 4.78 is 24.9. The van der Waals surface area contributed by atoms with Crippen LogP contribution in [0.4, 0.5) is 4.39 Å². The predicted octanol–water partition coefficient (Wildman–Crippen LogP) is 7.34. The highest BCUT2D eigenvalue weighted by atomic mass is 35.5. The summed E-state index contributed by atoms with van der Waals surface area (Å²) in [5, 5.41) is 3.80. The molecule has 3 fully saturated rings. The van der Waals surface area contributed by atoms with Crippen molar-refractivity contribution in [2.45, 2.75) is 51.6 Å². The fraction of sp³-hybridized carbons (Fsp3) is 0.441. The minimum atomic E-state index is -0.513. The molecule has 6 rings (SSSR count). The Balaban J connectivity index is 1.13. The second kappa shape index (κ2) is 12.4. The van der Waals surface area contributed by atoms with E-state index in [0.717, 1.165) is 38.1 Å². The van der Waals surface area contributed by atoms with Crippen molar-refractivity contribution in [3.8, 4) is 11.5 Å². The SMILES string of the molecule is Cc1cccc(CN(C(=O)[C@H]2[C@@H]3CNC[C@@H]3C[C@@H]2c2ccc(OCCOc3c(Cl)cc(F)cc3Cl)cc2)C2CC2)c1C. The zero-order chi connectivity index (χ0) is 29.4. The first-order valence-corrected chi connectivity index (χ1v) is 15.6. The van der Waals surface area contributed by atoms with Crippen molar-refractivity contribution in [2.75, 3.05) is 26.3 Å². The molecule has 3 aromatic carbocycles. The first-order chi connectivity index (χ1) is 20.3. The maximum Gasteiger partial charge on any atom is 0.227 e. The summed E-state index contributed by atoms with van der Waals surface area (Å²) >= 11 is 12.1. The first-order valence-electron chi connectivity index (χ1n) is 14.9. The highest BCUT2D eigenvalue weighted by Crippen LogP contribution is 2.50. The Kier molecular flexibility index (Phi) is 8.67. The van der Waals surface area contributed by atoms with Crippen molar-refractivity contribution in [1.29, 1.82) is 0 Å². The molecular weight excluding hydrogens is 574 g/mol. The van der Waals surface area contributed by atoms with Gasteiger partial charge in [0.25, 0.3) is 0 Å². The van der Waals surface area contributed by atoms with Gasteiger partial charge in [0.15, 0.2) is 5.75 Å². The van der Waals surface area contributed by atoms with E-state index in [1.807, 2.05) is 12.1 Å². The fourth-order valence-electron chi connectivity index (χ4n) is 6.81. The van der Waals surface area contributed by atoms with E-state index in [0.29, 0.717) is 30.3 Å². The lowest BCUT2D eigenvalue weighted by Crippen LogP contribution is -2.41. The van der Waals surface area contributed by atoms with Gasteiger partial charge in [0, 0.05) is 18.5 Å². The molecule has 4 atom stereocenters. The zero-order valence-electron chi connectivity index (χ0n) is 24.0. The standard InChI is InChI=1S/C34H37Cl2FN2O3/c1-20-4-3-5-23(21(20)2)19-39(26-8-9-26)34(40)32-28(14-24-17-38-18-29(24)32)22-6-10-27(11-7-22)41-12-13-42-33-30(35)15-25(37)16-31(33)36/h3-7,10-11,15-16,24,26,28-29,32,38H,8-9,12-14,17-19H2,1-2H3/t24-,28+,29+,32+/m0/s1. The van der Waals surface area contributed by atoms with Crippen molar-refractivity contribution < 1.29 is 18.7 Å². The van der Waals surface area contributed by atoms with Crippen LogP contribution in [0.15, 0.2) is 54.6 Å². The Bertz CT molecular complexity index is 1420. The van der Waals surface area contributed by atoms with Crippen LogP contribution in [0.1, 0.15) is 47.4 Å². The van der Waals surface area contributed by atoms with E-state index in [4.69, 9.17) is 32.7 Å². The molecule has 1 N–H and O–H groups in total. The highest BCUT2D eigenvalue weighted by molar-refractivity contribution is 6.37. The van der Waals surface area contributed by atoms with Crippen LogP contribution in [0.2, 0.25) is 10.0 Å². The monoisotopic (exact) mass is 610 g/mol. The molecule has 1 saturated heterocycles. The molecule has 8 heteroatoms. The van der Waals surface area contributed by atoms with Crippen LogP contribution < -0.4 is 14.8 Å². The van der Waals surface area contributed by atoms with Gasteiger partial charge in [-0.05, 0) is 110 Å². The molecule has 42 heavy (non-hydrogen) atoms. The molecule has 5 nitrogen and oxygen atoms in total. The number of rotatable bonds is 10. The van der Waals surface area contributed by atoms with Crippen molar-refractivity contribution in [1.82, 2.24) is 10.2 Å². The number of halogens is 3. The minimum absolute atomic E-state index is 0.0268. The van der Waals surface area contributed by atoms with E-state index < -0.39 is 5.82 Å². The quantitative estimate of drug-likeness (QED) is 0.244. The van der Waals surface area contributed by atoms with Gasteiger partial charge >= 0.3 is 0 Å². The van der Waals surface area contributed by atoms with Gasteiger partial charge in [0.2, 0.25) is 5.91 Å². The number of amides is 1. The number of aryl methyl sites for hydroxylation is 1. The van der Waals surface area contributed by atoms with Crippen molar-refractivity contribution >= 4 is 29.1 Å². The Morgan fingerprint density at radius 1 is 1.00 bits per heavy atom. The van der Waals surface area contributed by atoms with Crippen LogP contribution >= 0.6 is 23.2 Å². The van der Waals surface area contributed by atoms with E-state index in [1.165, 1.54) is 34.4 Å². The number of benzene rings is 3. The van der Waals surface area contributed by atoms with Crippen molar-refractivity contribution in [3.63, 3.8) is 0 Å². The third-order valence-electron chi connectivity index (χ3n) is 9.33. The smallest absolute Gasteiger partial charge is 0.227 e. The van der Waals surface area contributed by atoms with Crippen LogP contribution in [0.3, 0.4) is 0 Å². The van der Waals surface area contributed by atoms with Crippen molar-refractivity contribution in [2.24, 2.45) is 17.8 Å². The molecule has 2 aliphatic carbocycles. The van der Waals surface area contributed by atoms with E-state index >= 15 is 0 Å². The Labute approximate surface area is 257 Å². The molecule has 3 aromatic rings. The number of hydrogen-bond acceptors (Lipinski definition) is 4. The Morgan fingerprint density at radius 2 is 1.71 bits per heavy atom. The predicted molar refractivity (Wildman–Crippen MR) is 164 cm³/mol. The molecule has 0 unspecified atom stereocenters. The number of nitrogens with zero attached hydrogens (tertiary/aromatic N) is 1. The van der Waals surface area contributed by atoms with Gasteiger partial charge in [0.1, 0.15) is 24.8 Å². The molecule has 0 spiro atoms. The third kappa shape index (κ3) is 6.13. The van der Waals surface area contributed by atoms with Crippen LogP contribution in [0.25, 0.3) is 0 Å². The van der Waals surface area contributed by atoms with E-state index in [2.05, 4.69) is 54.4 Å². The molecular formula is C34H37Cl2FN2O3. The largest absolute Gasteiger partial charge is 0.490 e. The van der Waals surface area contributed by atoms with Crippen molar-refractivity contribution in [3.05, 3.63) is 92.7 Å². The van der Waals surface area contributed by atoms with Crippen LogP contribution in [-0.4, -0.2) is 43.2 Å². The summed E-state index contributed by atoms with van der Waals surface area (Å²) in [7, 11) is 0. The number of nitrogens with one attached hydrogen (secondary N) is 1. The first kappa shape index (κ1) is 29.3. The second-order valence-electron chi connectivity index (χ2n) is 12.0. The third-order valence-corrected chi connectivity index (χ3v) is 9.89. The normalized spacial score (nSPS) is 23.1. The van der Waals surface area contributed by atoms with Crippen LogP contribution in [0.5, 0.6) is 11.5 Å². The van der Waals surface area contributed by atoms with E-state index in [-0.39, 0.29) is 40.8 Å². The van der Waals surface area contributed by atoms with Gasteiger partial charge in [-0.25, -0.2) is 4.39 Å². The molecule has 1 amide bonds. The topological polar surface area (TPSA) is 50.8 Å². The number of carbonyl (C=O) groups is 1.